The van der Waals surface area contributed by atoms with Gasteiger partial charge in [0.25, 0.3) is 5.91 Å². The van der Waals surface area contributed by atoms with E-state index in [4.69, 9.17) is 4.74 Å². The summed E-state index contributed by atoms with van der Waals surface area (Å²) >= 11 is 0. The molecular weight excluding hydrogens is 264 g/mol. The van der Waals surface area contributed by atoms with E-state index in [1.165, 1.54) is 0 Å². The van der Waals surface area contributed by atoms with Crippen LogP contribution >= 0.6 is 0 Å². The minimum absolute atomic E-state index is 0.00612. The highest BCUT2D eigenvalue weighted by Crippen LogP contribution is 2.30. The Morgan fingerprint density at radius 2 is 2.00 bits per heavy atom. The normalized spacial score (nSPS) is 16.4. The SMILES string of the molecule is CC(C)(C)c1ccccc1OCC(=O)N1CCCNCC1. The topological polar surface area (TPSA) is 41.6 Å². The van der Waals surface area contributed by atoms with Crippen LogP contribution in [-0.4, -0.2) is 43.6 Å². The summed E-state index contributed by atoms with van der Waals surface area (Å²) in [6, 6.07) is 7.97. The van der Waals surface area contributed by atoms with Gasteiger partial charge in [0.15, 0.2) is 6.61 Å². The van der Waals surface area contributed by atoms with Gasteiger partial charge in [-0.1, -0.05) is 39.0 Å². The third-order valence-electron chi connectivity index (χ3n) is 3.74. The van der Waals surface area contributed by atoms with Gasteiger partial charge in [-0.15, -0.1) is 0 Å². The fraction of sp³-hybridized carbons (Fsp3) is 0.588. The molecule has 1 aliphatic heterocycles. The highest BCUT2D eigenvalue weighted by atomic mass is 16.5. The lowest BCUT2D eigenvalue weighted by molar-refractivity contribution is -0.133. The summed E-state index contributed by atoms with van der Waals surface area (Å²) in [7, 11) is 0. The Morgan fingerprint density at radius 1 is 1.24 bits per heavy atom. The molecule has 21 heavy (non-hydrogen) atoms. The number of rotatable bonds is 3. The van der Waals surface area contributed by atoms with Gasteiger partial charge >= 0.3 is 0 Å². The zero-order chi connectivity index (χ0) is 15.3. The first-order valence-electron chi connectivity index (χ1n) is 7.69. The molecule has 1 aliphatic rings. The predicted octanol–water partition coefficient (Wildman–Crippen LogP) is 2.18. The molecule has 4 nitrogen and oxygen atoms in total. The van der Waals surface area contributed by atoms with Crippen molar-refractivity contribution in [1.29, 1.82) is 0 Å². The van der Waals surface area contributed by atoms with Gasteiger partial charge in [0.05, 0.1) is 0 Å². The van der Waals surface area contributed by atoms with E-state index in [0.717, 1.165) is 43.9 Å². The molecule has 4 heteroatoms. The van der Waals surface area contributed by atoms with Gasteiger partial charge in [-0.3, -0.25) is 4.79 Å². The Labute approximate surface area is 127 Å². The van der Waals surface area contributed by atoms with E-state index in [2.05, 4.69) is 32.2 Å². The molecule has 1 fully saturated rings. The molecule has 0 bridgehead atoms. The van der Waals surface area contributed by atoms with Gasteiger partial charge in [-0.2, -0.15) is 0 Å². The second kappa shape index (κ2) is 6.94. The average Bonchev–Trinajstić information content (AvgIpc) is 2.73. The van der Waals surface area contributed by atoms with Gasteiger partial charge in [0, 0.05) is 19.6 Å². The van der Waals surface area contributed by atoms with Crippen molar-refractivity contribution in [2.24, 2.45) is 0 Å². The number of carbonyl (C=O) groups excluding carboxylic acids is 1. The molecule has 1 saturated heterocycles. The van der Waals surface area contributed by atoms with Crippen molar-refractivity contribution in [3.63, 3.8) is 0 Å². The number of nitrogens with zero attached hydrogens (tertiary/aromatic N) is 1. The molecule has 2 rings (SSSR count). The molecule has 1 N–H and O–H groups in total. The summed E-state index contributed by atoms with van der Waals surface area (Å²) < 4.78 is 5.81. The molecule has 1 aromatic carbocycles. The minimum atomic E-state index is 0.00612. The number of ether oxygens (including phenoxy) is 1. The second-order valence-corrected chi connectivity index (χ2v) is 6.52. The maximum atomic E-state index is 12.3. The lowest BCUT2D eigenvalue weighted by atomic mass is 9.86. The van der Waals surface area contributed by atoms with Crippen molar-refractivity contribution >= 4 is 5.91 Å². The largest absolute Gasteiger partial charge is 0.483 e. The second-order valence-electron chi connectivity index (χ2n) is 6.52. The quantitative estimate of drug-likeness (QED) is 0.928. The summed E-state index contributed by atoms with van der Waals surface area (Å²) in [5, 5.41) is 3.30. The van der Waals surface area contributed by atoms with Crippen LogP contribution in [0.4, 0.5) is 0 Å². The monoisotopic (exact) mass is 290 g/mol. The van der Waals surface area contributed by atoms with Gasteiger partial charge in [-0.25, -0.2) is 0 Å². The van der Waals surface area contributed by atoms with Crippen LogP contribution in [0.25, 0.3) is 0 Å². The van der Waals surface area contributed by atoms with Crippen molar-refractivity contribution in [2.45, 2.75) is 32.6 Å². The lowest BCUT2D eigenvalue weighted by Gasteiger charge is -2.24. The fourth-order valence-corrected chi connectivity index (χ4v) is 2.54. The summed E-state index contributed by atoms with van der Waals surface area (Å²) in [6.07, 6.45) is 1.00. The summed E-state index contributed by atoms with van der Waals surface area (Å²) in [5.41, 5.74) is 1.14. The van der Waals surface area contributed by atoms with Crippen molar-refractivity contribution in [3.8, 4) is 5.75 Å². The Bertz CT molecular complexity index is 472. The van der Waals surface area contributed by atoms with Crippen LogP contribution in [0.15, 0.2) is 24.3 Å². The van der Waals surface area contributed by atoms with E-state index >= 15 is 0 Å². The van der Waals surface area contributed by atoms with Crippen LogP contribution in [0.5, 0.6) is 5.75 Å². The molecule has 1 amide bonds. The van der Waals surface area contributed by atoms with Crippen LogP contribution in [-0.2, 0) is 10.2 Å². The summed E-state index contributed by atoms with van der Waals surface area (Å²) in [5.74, 6) is 0.883. The van der Waals surface area contributed by atoms with Crippen LogP contribution in [0.2, 0.25) is 0 Å². The van der Waals surface area contributed by atoms with E-state index in [9.17, 15) is 4.79 Å². The summed E-state index contributed by atoms with van der Waals surface area (Å²) in [6.45, 7) is 10.0. The average molecular weight is 290 g/mol. The van der Waals surface area contributed by atoms with Crippen LogP contribution in [0.3, 0.4) is 0 Å². The highest BCUT2D eigenvalue weighted by Gasteiger charge is 2.20. The van der Waals surface area contributed by atoms with Crippen LogP contribution < -0.4 is 10.1 Å². The van der Waals surface area contributed by atoms with Crippen LogP contribution in [0.1, 0.15) is 32.8 Å². The molecule has 0 atom stereocenters. The first kappa shape index (κ1) is 15.8. The van der Waals surface area contributed by atoms with E-state index < -0.39 is 0 Å². The molecule has 0 aliphatic carbocycles. The Balaban J connectivity index is 1.98. The third-order valence-corrected chi connectivity index (χ3v) is 3.74. The highest BCUT2D eigenvalue weighted by molar-refractivity contribution is 5.77. The van der Waals surface area contributed by atoms with Gasteiger partial charge in [0.1, 0.15) is 5.75 Å². The molecule has 1 aromatic rings. The number of benzene rings is 1. The smallest absolute Gasteiger partial charge is 0.260 e. The zero-order valence-electron chi connectivity index (χ0n) is 13.3. The molecule has 0 saturated carbocycles. The number of hydrogen-bond acceptors (Lipinski definition) is 3. The van der Waals surface area contributed by atoms with Crippen molar-refractivity contribution in [1.82, 2.24) is 10.2 Å². The van der Waals surface area contributed by atoms with E-state index in [0.29, 0.717) is 0 Å². The van der Waals surface area contributed by atoms with Crippen LogP contribution in [0, 0.1) is 0 Å². The van der Waals surface area contributed by atoms with Gasteiger partial charge in [0.2, 0.25) is 0 Å². The van der Waals surface area contributed by atoms with Crippen molar-refractivity contribution in [2.75, 3.05) is 32.8 Å². The number of carbonyl (C=O) groups is 1. The number of para-hydroxylation sites is 1. The molecule has 0 aromatic heterocycles. The molecule has 1 heterocycles. The molecule has 0 unspecified atom stereocenters. The van der Waals surface area contributed by atoms with Gasteiger partial charge < -0.3 is 15.0 Å². The Hall–Kier alpha value is -1.55. The zero-order valence-corrected chi connectivity index (χ0v) is 13.3. The number of amides is 1. The van der Waals surface area contributed by atoms with Crippen molar-refractivity contribution in [3.05, 3.63) is 29.8 Å². The fourth-order valence-electron chi connectivity index (χ4n) is 2.54. The predicted molar refractivity (Wildman–Crippen MR) is 84.7 cm³/mol. The number of nitrogens with one attached hydrogen (secondary N) is 1. The van der Waals surface area contributed by atoms with E-state index in [1.54, 1.807) is 0 Å². The first-order valence-corrected chi connectivity index (χ1v) is 7.69. The maximum absolute atomic E-state index is 12.3. The van der Waals surface area contributed by atoms with Gasteiger partial charge in [-0.05, 0) is 30.0 Å². The Kier molecular flexibility index (Phi) is 5.23. The van der Waals surface area contributed by atoms with E-state index in [-0.39, 0.29) is 17.9 Å². The third kappa shape index (κ3) is 4.46. The molecule has 0 radical (unpaired) electrons. The standard InChI is InChI=1S/C17H26N2O2/c1-17(2,3)14-7-4-5-8-15(14)21-13-16(20)19-11-6-9-18-10-12-19/h4-5,7-8,18H,6,9-13H2,1-3H3. The molecule has 116 valence electrons. The van der Waals surface area contributed by atoms with Crippen molar-refractivity contribution < 1.29 is 9.53 Å². The maximum Gasteiger partial charge on any atom is 0.260 e. The first-order chi connectivity index (χ1) is 9.98. The molecular formula is C17H26N2O2. The summed E-state index contributed by atoms with van der Waals surface area (Å²) in [4.78, 5) is 14.1. The number of hydrogen-bond donors (Lipinski definition) is 1. The lowest BCUT2D eigenvalue weighted by Crippen LogP contribution is -2.37. The van der Waals surface area contributed by atoms with E-state index in [1.807, 2.05) is 23.1 Å². The Morgan fingerprint density at radius 3 is 2.76 bits per heavy atom. The minimum Gasteiger partial charge on any atom is -0.483 e. The molecule has 0 spiro atoms.